The molecule has 200 valence electrons. The first-order chi connectivity index (χ1) is 21.8. The summed E-state index contributed by atoms with van der Waals surface area (Å²) in [5, 5.41) is 9.71. The third-order valence-electron chi connectivity index (χ3n) is 9.00. The van der Waals surface area contributed by atoms with Gasteiger partial charge in [-0.3, -0.25) is 0 Å². The van der Waals surface area contributed by atoms with E-state index in [1.807, 2.05) is 12.1 Å². The van der Waals surface area contributed by atoms with Crippen molar-refractivity contribution in [2.24, 2.45) is 0 Å². The zero-order valence-electron chi connectivity index (χ0n) is 24.1. The van der Waals surface area contributed by atoms with Gasteiger partial charge in [-0.05, 0) is 59.3 Å². The zero-order chi connectivity index (χ0) is 28.9. The standard InChI is InChI=1S/C40H24N2S/c1-2-12-26(13-3-1)41-33-18-8-6-15-28(33)31-23-32-37(24-36(31)41)42(34-22-21-25-11-4-5-14-27(25)39(32)34)35-19-10-17-30-29-16-7-9-20-38(29)43-40(30)35/h1-24H/i16D. The van der Waals surface area contributed by atoms with E-state index in [0.717, 1.165) is 26.8 Å². The minimum atomic E-state index is 0.577. The Morgan fingerprint density at radius 1 is 0.465 bits per heavy atom. The molecule has 0 unspecified atom stereocenters. The second-order valence-corrected chi connectivity index (χ2v) is 12.3. The van der Waals surface area contributed by atoms with Crippen molar-refractivity contribution in [3.63, 3.8) is 0 Å². The van der Waals surface area contributed by atoms with E-state index in [1.54, 1.807) is 11.3 Å². The summed E-state index contributed by atoms with van der Waals surface area (Å²) >= 11 is 1.78. The van der Waals surface area contributed by atoms with E-state index >= 15 is 0 Å². The molecule has 10 aromatic rings. The third kappa shape index (κ3) is 3.12. The van der Waals surface area contributed by atoms with Gasteiger partial charge in [0.2, 0.25) is 0 Å². The monoisotopic (exact) mass is 565 g/mol. The van der Waals surface area contributed by atoms with Crippen LogP contribution in [0.5, 0.6) is 0 Å². The lowest BCUT2D eigenvalue weighted by Gasteiger charge is -2.11. The summed E-state index contributed by atoms with van der Waals surface area (Å²) in [5.74, 6) is 0. The maximum Gasteiger partial charge on any atom is 0.0640 e. The lowest BCUT2D eigenvalue weighted by Crippen LogP contribution is -1.96. The summed E-state index contributed by atoms with van der Waals surface area (Å²) in [7, 11) is 0. The van der Waals surface area contributed by atoms with E-state index in [-0.39, 0.29) is 0 Å². The summed E-state index contributed by atoms with van der Waals surface area (Å²) in [6.45, 7) is 0. The summed E-state index contributed by atoms with van der Waals surface area (Å²) < 4.78 is 15.9. The van der Waals surface area contributed by atoms with Gasteiger partial charge in [-0.1, -0.05) is 97.0 Å². The fraction of sp³-hybridized carbons (Fsp3) is 0. The van der Waals surface area contributed by atoms with E-state index < -0.39 is 0 Å². The van der Waals surface area contributed by atoms with Gasteiger partial charge in [-0.15, -0.1) is 11.3 Å². The second kappa shape index (κ2) is 8.57. The Morgan fingerprint density at radius 3 is 2.16 bits per heavy atom. The first-order valence-corrected chi connectivity index (χ1v) is 15.4. The average Bonchev–Trinajstić information content (AvgIpc) is 3.72. The molecule has 3 heterocycles. The van der Waals surface area contributed by atoms with Crippen LogP contribution in [-0.4, -0.2) is 9.13 Å². The van der Waals surface area contributed by atoms with Gasteiger partial charge in [0.25, 0.3) is 0 Å². The topological polar surface area (TPSA) is 9.86 Å². The number of hydrogen-bond acceptors (Lipinski definition) is 1. The number of rotatable bonds is 2. The lowest BCUT2D eigenvalue weighted by atomic mass is 10.0. The van der Waals surface area contributed by atoms with Crippen LogP contribution in [0.15, 0.2) is 146 Å². The molecule has 0 spiro atoms. The summed E-state index contributed by atoms with van der Waals surface area (Å²) in [6.07, 6.45) is 0. The van der Waals surface area contributed by atoms with Crippen LogP contribution >= 0.6 is 11.3 Å². The quantitative estimate of drug-likeness (QED) is 0.197. The summed E-state index contributed by atoms with van der Waals surface area (Å²) in [6, 6.07) is 50.7. The van der Waals surface area contributed by atoms with Gasteiger partial charge in [-0.2, -0.15) is 0 Å². The Hall–Kier alpha value is -5.38. The lowest BCUT2D eigenvalue weighted by molar-refractivity contribution is 1.17. The molecule has 0 bridgehead atoms. The van der Waals surface area contributed by atoms with Gasteiger partial charge in [0, 0.05) is 42.7 Å². The molecule has 0 radical (unpaired) electrons. The Balaban J connectivity index is 1.44. The molecule has 2 nitrogen and oxygen atoms in total. The first-order valence-electron chi connectivity index (χ1n) is 15.1. The molecular weight excluding hydrogens is 541 g/mol. The van der Waals surface area contributed by atoms with Crippen molar-refractivity contribution in [3.8, 4) is 11.4 Å². The number of fused-ring (bicyclic) bond motifs is 11. The Bertz CT molecular complexity index is 2780. The van der Waals surface area contributed by atoms with E-state index in [0.29, 0.717) is 6.04 Å². The number of benzene rings is 7. The molecule has 0 fully saturated rings. The van der Waals surface area contributed by atoms with Crippen LogP contribution in [0.25, 0.3) is 85.9 Å². The molecule has 3 aromatic heterocycles. The molecule has 0 aliphatic heterocycles. The van der Waals surface area contributed by atoms with E-state index in [9.17, 15) is 0 Å². The minimum absolute atomic E-state index is 0.577. The van der Waals surface area contributed by atoms with Gasteiger partial charge >= 0.3 is 0 Å². The van der Waals surface area contributed by atoms with Crippen molar-refractivity contribution in [2.75, 3.05) is 0 Å². The van der Waals surface area contributed by atoms with Crippen LogP contribution in [0, 0.1) is 0 Å². The minimum Gasteiger partial charge on any atom is -0.309 e. The molecule has 0 saturated carbocycles. The Morgan fingerprint density at radius 2 is 1.23 bits per heavy atom. The Kier molecular flexibility index (Phi) is 4.44. The van der Waals surface area contributed by atoms with Gasteiger partial charge in [0.1, 0.15) is 0 Å². The highest BCUT2D eigenvalue weighted by Gasteiger charge is 2.21. The van der Waals surface area contributed by atoms with Crippen molar-refractivity contribution in [3.05, 3.63) is 146 Å². The predicted octanol–water partition coefficient (Wildman–Crippen LogP) is 11.4. The second-order valence-electron chi connectivity index (χ2n) is 11.3. The molecule has 3 heteroatoms. The number of nitrogens with zero attached hydrogens (tertiary/aromatic N) is 2. The molecule has 7 aromatic carbocycles. The van der Waals surface area contributed by atoms with Crippen LogP contribution in [0.1, 0.15) is 1.37 Å². The molecule has 0 saturated heterocycles. The fourth-order valence-electron chi connectivity index (χ4n) is 7.20. The normalized spacial score (nSPS) is 12.5. The van der Waals surface area contributed by atoms with Gasteiger partial charge in [0.15, 0.2) is 0 Å². The largest absolute Gasteiger partial charge is 0.309 e. The van der Waals surface area contributed by atoms with Crippen molar-refractivity contribution in [2.45, 2.75) is 0 Å². The molecular formula is C40H24N2S. The van der Waals surface area contributed by atoms with Gasteiger partial charge in [0.05, 0.1) is 33.8 Å². The maximum atomic E-state index is 8.71. The van der Waals surface area contributed by atoms with Gasteiger partial charge in [-0.25, -0.2) is 0 Å². The van der Waals surface area contributed by atoms with Crippen LogP contribution in [0.2, 0.25) is 0 Å². The zero-order valence-corrected chi connectivity index (χ0v) is 23.9. The molecule has 0 aliphatic carbocycles. The summed E-state index contributed by atoms with van der Waals surface area (Å²) in [4.78, 5) is 0. The molecule has 43 heavy (non-hydrogen) atoms. The van der Waals surface area contributed by atoms with Crippen molar-refractivity contribution < 1.29 is 1.37 Å². The fourth-order valence-corrected chi connectivity index (χ4v) is 8.38. The van der Waals surface area contributed by atoms with Crippen molar-refractivity contribution in [1.82, 2.24) is 9.13 Å². The van der Waals surface area contributed by atoms with E-state index in [2.05, 4.69) is 137 Å². The predicted molar refractivity (Wildman–Crippen MR) is 186 cm³/mol. The van der Waals surface area contributed by atoms with Crippen molar-refractivity contribution in [1.29, 1.82) is 0 Å². The SMILES string of the molecule is [2H]c1cccc2sc3c(-n4c5cc6c(cc5c5c7ccccc7ccc54)c4ccccc4n6-c4ccccc4)cccc3c12. The number of thiophene rings is 1. The molecule has 0 atom stereocenters. The van der Waals surface area contributed by atoms with Crippen LogP contribution in [0.3, 0.4) is 0 Å². The highest BCUT2D eigenvalue weighted by Crippen LogP contribution is 2.44. The maximum absolute atomic E-state index is 8.71. The Labute approximate surface area is 252 Å². The van der Waals surface area contributed by atoms with Crippen LogP contribution < -0.4 is 0 Å². The average molecular weight is 566 g/mol. The first kappa shape index (κ1) is 22.2. The number of aromatic nitrogens is 2. The smallest absolute Gasteiger partial charge is 0.0640 e. The highest BCUT2D eigenvalue weighted by molar-refractivity contribution is 7.26. The van der Waals surface area contributed by atoms with Crippen molar-refractivity contribution >= 4 is 85.9 Å². The van der Waals surface area contributed by atoms with Gasteiger partial charge < -0.3 is 9.13 Å². The summed E-state index contributed by atoms with van der Waals surface area (Å²) in [5.41, 5.74) is 7.07. The number of hydrogen-bond donors (Lipinski definition) is 0. The van der Waals surface area contributed by atoms with E-state index in [1.165, 1.54) is 59.1 Å². The van der Waals surface area contributed by atoms with Crippen LogP contribution in [-0.2, 0) is 0 Å². The molecule has 0 N–H and O–H groups in total. The molecule has 0 aliphatic rings. The molecule has 0 amide bonds. The third-order valence-corrected chi connectivity index (χ3v) is 10.2. The number of para-hydroxylation sites is 2. The van der Waals surface area contributed by atoms with E-state index in [4.69, 9.17) is 1.37 Å². The highest BCUT2D eigenvalue weighted by atomic mass is 32.1. The van der Waals surface area contributed by atoms with Crippen LogP contribution in [0.4, 0.5) is 0 Å². The molecule has 10 rings (SSSR count).